The lowest BCUT2D eigenvalue weighted by atomic mass is 10.1. The van der Waals surface area contributed by atoms with Crippen molar-refractivity contribution < 1.29 is 9.53 Å². The van der Waals surface area contributed by atoms with Crippen molar-refractivity contribution in [3.8, 4) is 11.4 Å². The van der Waals surface area contributed by atoms with E-state index < -0.39 is 0 Å². The molecule has 0 bridgehead atoms. The molecule has 0 aliphatic rings. The number of imidazole rings is 1. The highest BCUT2D eigenvalue weighted by Gasteiger charge is 2.04. The number of carbonyl (C=O) groups is 1. The van der Waals surface area contributed by atoms with Crippen molar-refractivity contribution in [2.45, 2.75) is 13.8 Å². The molecular weight excluding hydrogens is 328 g/mol. The summed E-state index contributed by atoms with van der Waals surface area (Å²) in [5.41, 5.74) is 6.24. The maximum absolute atomic E-state index is 11.9. The van der Waals surface area contributed by atoms with E-state index in [-0.39, 0.29) is 12.5 Å². The SMILES string of the molecule is C/C(=N/NC(=O)COc1cccc(C)c1)c1ccc(-n2ccnc2)cc1. The second-order valence-electron chi connectivity index (χ2n) is 5.85. The van der Waals surface area contributed by atoms with Gasteiger partial charge in [0, 0.05) is 18.1 Å². The summed E-state index contributed by atoms with van der Waals surface area (Å²) in [4.78, 5) is 15.9. The molecule has 1 N–H and O–H groups in total. The van der Waals surface area contributed by atoms with Crippen LogP contribution in [0, 0.1) is 6.92 Å². The van der Waals surface area contributed by atoms with Crippen molar-refractivity contribution in [2.24, 2.45) is 5.10 Å². The van der Waals surface area contributed by atoms with E-state index in [1.54, 1.807) is 12.5 Å². The van der Waals surface area contributed by atoms with Gasteiger partial charge < -0.3 is 9.30 Å². The zero-order valence-corrected chi connectivity index (χ0v) is 14.7. The van der Waals surface area contributed by atoms with E-state index in [0.717, 1.165) is 16.8 Å². The second kappa shape index (κ2) is 8.11. The molecule has 6 heteroatoms. The molecule has 1 heterocycles. The number of nitrogens with one attached hydrogen (secondary N) is 1. The monoisotopic (exact) mass is 348 g/mol. The summed E-state index contributed by atoms with van der Waals surface area (Å²) in [7, 11) is 0. The molecule has 6 nitrogen and oxygen atoms in total. The Bertz CT molecular complexity index is 900. The van der Waals surface area contributed by atoms with Crippen molar-refractivity contribution in [3.63, 3.8) is 0 Å². The standard InChI is InChI=1S/C20H20N4O2/c1-15-4-3-5-19(12-15)26-13-20(25)23-22-16(2)17-6-8-18(9-7-17)24-11-10-21-14-24/h3-12,14H,13H2,1-2H3,(H,23,25)/b22-16-. The van der Waals surface area contributed by atoms with Crippen molar-refractivity contribution in [1.82, 2.24) is 15.0 Å². The number of nitrogens with zero attached hydrogens (tertiary/aromatic N) is 3. The van der Waals surface area contributed by atoms with Gasteiger partial charge in [-0.3, -0.25) is 4.79 Å². The Kier molecular flexibility index (Phi) is 5.43. The van der Waals surface area contributed by atoms with Crippen LogP contribution in [0.2, 0.25) is 0 Å². The predicted octanol–water partition coefficient (Wildman–Crippen LogP) is 3.10. The highest BCUT2D eigenvalue weighted by atomic mass is 16.5. The molecule has 2 aromatic carbocycles. The second-order valence-corrected chi connectivity index (χ2v) is 5.85. The number of aryl methyl sites for hydroxylation is 1. The topological polar surface area (TPSA) is 68.5 Å². The average molecular weight is 348 g/mol. The molecule has 0 fully saturated rings. The minimum atomic E-state index is -0.305. The van der Waals surface area contributed by atoms with Gasteiger partial charge in [0.25, 0.3) is 5.91 Å². The van der Waals surface area contributed by atoms with Gasteiger partial charge in [-0.2, -0.15) is 5.10 Å². The molecule has 3 rings (SSSR count). The molecule has 0 saturated carbocycles. The smallest absolute Gasteiger partial charge is 0.277 e. The Morgan fingerprint density at radius 3 is 2.73 bits per heavy atom. The molecular formula is C20H20N4O2. The number of hydrogen-bond acceptors (Lipinski definition) is 4. The number of carbonyl (C=O) groups excluding carboxylic acids is 1. The average Bonchev–Trinajstić information content (AvgIpc) is 3.19. The lowest BCUT2D eigenvalue weighted by Gasteiger charge is -2.07. The van der Waals surface area contributed by atoms with E-state index in [1.165, 1.54) is 0 Å². The van der Waals surface area contributed by atoms with Gasteiger partial charge in [0.2, 0.25) is 0 Å². The van der Waals surface area contributed by atoms with Gasteiger partial charge in [-0.05, 0) is 49.2 Å². The van der Waals surface area contributed by atoms with Crippen LogP contribution in [0.5, 0.6) is 5.75 Å². The minimum Gasteiger partial charge on any atom is -0.484 e. The highest BCUT2D eigenvalue weighted by molar-refractivity contribution is 5.99. The first-order valence-electron chi connectivity index (χ1n) is 8.23. The van der Waals surface area contributed by atoms with Gasteiger partial charge in [-0.15, -0.1) is 0 Å². The van der Waals surface area contributed by atoms with E-state index in [9.17, 15) is 4.79 Å². The molecule has 0 spiro atoms. The van der Waals surface area contributed by atoms with E-state index in [2.05, 4.69) is 15.5 Å². The first-order chi connectivity index (χ1) is 12.6. The maximum Gasteiger partial charge on any atom is 0.277 e. The third-order valence-electron chi connectivity index (χ3n) is 3.80. The zero-order chi connectivity index (χ0) is 18.4. The molecule has 3 aromatic rings. The Balaban J connectivity index is 1.55. The van der Waals surface area contributed by atoms with E-state index in [4.69, 9.17) is 4.74 Å². The summed E-state index contributed by atoms with van der Waals surface area (Å²) in [5.74, 6) is 0.358. The van der Waals surface area contributed by atoms with Crippen LogP contribution in [0.3, 0.4) is 0 Å². The summed E-state index contributed by atoms with van der Waals surface area (Å²) in [6, 6.07) is 15.4. The van der Waals surface area contributed by atoms with Gasteiger partial charge in [0.1, 0.15) is 5.75 Å². The Hall–Kier alpha value is -3.41. The summed E-state index contributed by atoms with van der Waals surface area (Å²) < 4.78 is 7.37. The zero-order valence-electron chi connectivity index (χ0n) is 14.7. The third-order valence-corrected chi connectivity index (χ3v) is 3.80. The maximum atomic E-state index is 11.9. The largest absolute Gasteiger partial charge is 0.484 e. The fraction of sp³-hybridized carbons (Fsp3) is 0.150. The van der Waals surface area contributed by atoms with Crippen molar-refractivity contribution in [3.05, 3.63) is 78.4 Å². The van der Waals surface area contributed by atoms with Gasteiger partial charge in [0.15, 0.2) is 6.61 Å². The number of aromatic nitrogens is 2. The van der Waals surface area contributed by atoms with E-state index >= 15 is 0 Å². The first kappa shape index (κ1) is 17.4. The summed E-state index contributed by atoms with van der Waals surface area (Å²) in [5, 5.41) is 4.13. The van der Waals surface area contributed by atoms with Crippen LogP contribution < -0.4 is 10.2 Å². The number of rotatable bonds is 6. The molecule has 1 aromatic heterocycles. The predicted molar refractivity (Wildman–Crippen MR) is 101 cm³/mol. The van der Waals surface area contributed by atoms with Gasteiger partial charge in [0.05, 0.1) is 12.0 Å². The fourth-order valence-electron chi connectivity index (χ4n) is 2.38. The van der Waals surface area contributed by atoms with Gasteiger partial charge >= 0.3 is 0 Å². The molecule has 0 atom stereocenters. The number of hydrogen-bond donors (Lipinski definition) is 1. The number of hydrazone groups is 1. The van der Waals surface area contributed by atoms with Crippen LogP contribution in [-0.4, -0.2) is 27.8 Å². The molecule has 132 valence electrons. The molecule has 0 saturated heterocycles. The quantitative estimate of drug-likeness (QED) is 0.550. The van der Waals surface area contributed by atoms with Crippen LogP contribution in [0.25, 0.3) is 5.69 Å². The van der Waals surface area contributed by atoms with Crippen molar-refractivity contribution in [1.29, 1.82) is 0 Å². The normalized spacial score (nSPS) is 11.2. The highest BCUT2D eigenvalue weighted by Crippen LogP contribution is 2.12. The van der Waals surface area contributed by atoms with Crippen LogP contribution in [0.15, 0.2) is 72.4 Å². The number of amides is 1. The number of benzene rings is 2. The summed E-state index contributed by atoms with van der Waals surface area (Å²) in [6.45, 7) is 3.73. The Morgan fingerprint density at radius 1 is 1.23 bits per heavy atom. The lowest BCUT2D eigenvalue weighted by molar-refractivity contribution is -0.123. The molecule has 0 aliphatic carbocycles. The van der Waals surface area contributed by atoms with E-state index in [1.807, 2.05) is 73.1 Å². The van der Waals surface area contributed by atoms with E-state index in [0.29, 0.717) is 11.5 Å². The van der Waals surface area contributed by atoms with Crippen LogP contribution in [0.4, 0.5) is 0 Å². The number of ether oxygens (including phenoxy) is 1. The van der Waals surface area contributed by atoms with Crippen molar-refractivity contribution in [2.75, 3.05) is 6.61 Å². The van der Waals surface area contributed by atoms with Crippen LogP contribution in [0.1, 0.15) is 18.1 Å². The fourth-order valence-corrected chi connectivity index (χ4v) is 2.38. The summed E-state index contributed by atoms with van der Waals surface area (Å²) in [6.07, 6.45) is 5.35. The molecule has 1 amide bonds. The summed E-state index contributed by atoms with van der Waals surface area (Å²) >= 11 is 0. The molecule has 0 aliphatic heterocycles. The lowest BCUT2D eigenvalue weighted by Crippen LogP contribution is -2.25. The Morgan fingerprint density at radius 2 is 2.04 bits per heavy atom. The minimum absolute atomic E-state index is 0.0835. The van der Waals surface area contributed by atoms with Crippen molar-refractivity contribution >= 4 is 11.6 Å². The molecule has 0 unspecified atom stereocenters. The van der Waals surface area contributed by atoms with Gasteiger partial charge in [-0.25, -0.2) is 10.4 Å². The van der Waals surface area contributed by atoms with Gasteiger partial charge in [-0.1, -0.05) is 24.3 Å². The Labute approximate surface area is 152 Å². The van der Waals surface area contributed by atoms with Crippen LogP contribution in [-0.2, 0) is 4.79 Å². The van der Waals surface area contributed by atoms with Crippen LogP contribution >= 0.6 is 0 Å². The third kappa shape index (κ3) is 4.57. The molecule has 26 heavy (non-hydrogen) atoms. The first-order valence-corrected chi connectivity index (χ1v) is 8.23. The molecule has 0 radical (unpaired) electrons.